The van der Waals surface area contributed by atoms with E-state index in [2.05, 4.69) is 5.32 Å². The van der Waals surface area contributed by atoms with E-state index >= 15 is 0 Å². The molecule has 3 N–H and O–H groups in total. The number of morpholine rings is 1. The first-order valence-electron chi connectivity index (χ1n) is 7.83. The van der Waals surface area contributed by atoms with Crippen LogP contribution in [0, 0.1) is 0 Å². The summed E-state index contributed by atoms with van der Waals surface area (Å²) in [4.78, 5) is 19.1. The van der Waals surface area contributed by atoms with Gasteiger partial charge in [0.05, 0.1) is 13.2 Å². The highest BCUT2D eigenvalue weighted by atomic mass is 16.5. The first kappa shape index (κ1) is 20.5. The summed E-state index contributed by atoms with van der Waals surface area (Å²) in [6, 6.07) is 7.72. The van der Waals surface area contributed by atoms with Gasteiger partial charge in [0.2, 0.25) is 0 Å². The Morgan fingerprint density at radius 2 is 1.80 bits per heavy atom. The summed E-state index contributed by atoms with van der Waals surface area (Å²) >= 11 is 0. The molecule has 8 heteroatoms. The van der Waals surface area contributed by atoms with Crippen LogP contribution in [-0.4, -0.2) is 61.2 Å². The average Bonchev–Trinajstić information content (AvgIpc) is 2.61. The van der Waals surface area contributed by atoms with E-state index in [4.69, 9.17) is 24.4 Å². The smallest absolute Gasteiger partial charge is 0.328 e. The minimum absolute atomic E-state index is 0.124. The maximum absolute atomic E-state index is 9.55. The van der Waals surface area contributed by atoms with Crippen LogP contribution >= 0.6 is 0 Å². The minimum Gasteiger partial charge on any atom is -0.490 e. The molecule has 0 aliphatic carbocycles. The molecule has 138 valence electrons. The molecule has 25 heavy (non-hydrogen) atoms. The van der Waals surface area contributed by atoms with E-state index in [-0.39, 0.29) is 6.10 Å². The van der Waals surface area contributed by atoms with Crippen molar-refractivity contribution in [2.45, 2.75) is 13.0 Å². The van der Waals surface area contributed by atoms with E-state index in [1.54, 1.807) is 0 Å². The summed E-state index contributed by atoms with van der Waals surface area (Å²) in [7, 11) is 0. The Bertz CT molecular complexity index is 552. The van der Waals surface area contributed by atoms with Crippen molar-refractivity contribution in [2.24, 2.45) is 0 Å². The molecule has 0 bridgehead atoms. The molecular formula is C17H23NO7. The maximum atomic E-state index is 9.55. The Balaban J connectivity index is 0.000000333. The van der Waals surface area contributed by atoms with Gasteiger partial charge in [-0.05, 0) is 19.1 Å². The highest BCUT2D eigenvalue weighted by Gasteiger charge is 2.14. The Labute approximate surface area is 146 Å². The number of ether oxygens (including phenoxy) is 3. The van der Waals surface area contributed by atoms with Gasteiger partial charge in [-0.3, -0.25) is 0 Å². The van der Waals surface area contributed by atoms with Crippen LogP contribution in [0.15, 0.2) is 36.4 Å². The van der Waals surface area contributed by atoms with Gasteiger partial charge in [-0.2, -0.15) is 0 Å². The third kappa shape index (κ3) is 9.33. The first-order chi connectivity index (χ1) is 12.0. The lowest BCUT2D eigenvalue weighted by atomic mass is 10.3. The third-order valence-electron chi connectivity index (χ3n) is 2.95. The second-order valence-electron chi connectivity index (χ2n) is 4.90. The van der Waals surface area contributed by atoms with Crippen LogP contribution in [0.5, 0.6) is 11.5 Å². The summed E-state index contributed by atoms with van der Waals surface area (Å²) in [6.45, 7) is 5.67. The van der Waals surface area contributed by atoms with Crippen LogP contribution in [0.4, 0.5) is 0 Å². The lowest BCUT2D eigenvalue weighted by Crippen LogP contribution is -2.41. The molecule has 8 nitrogen and oxygen atoms in total. The van der Waals surface area contributed by atoms with Crippen molar-refractivity contribution in [3.63, 3.8) is 0 Å². The second-order valence-corrected chi connectivity index (χ2v) is 4.90. The van der Waals surface area contributed by atoms with E-state index in [9.17, 15) is 9.59 Å². The zero-order chi connectivity index (χ0) is 18.5. The van der Waals surface area contributed by atoms with Crippen LogP contribution < -0.4 is 14.8 Å². The van der Waals surface area contributed by atoms with Gasteiger partial charge in [0.15, 0.2) is 11.5 Å². The fourth-order valence-corrected chi connectivity index (χ4v) is 1.90. The van der Waals surface area contributed by atoms with Crippen molar-refractivity contribution in [3.05, 3.63) is 36.4 Å². The highest BCUT2D eigenvalue weighted by Crippen LogP contribution is 2.26. The number of carboxylic acid groups (broad SMARTS) is 2. The van der Waals surface area contributed by atoms with Gasteiger partial charge in [-0.1, -0.05) is 12.1 Å². The molecule has 1 saturated heterocycles. The lowest BCUT2D eigenvalue weighted by molar-refractivity contribution is -0.134. The zero-order valence-electron chi connectivity index (χ0n) is 14.0. The molecule has 0 amide bonds. The predicted octanol–water partition coefficient (Wildman–Crippen LogP) is 1.16. The van der Waals surface area contributed by atoms with E-state index in [1.807, 2.05) is 31.2 Å². The first-order valence-corrected chi connectivity index (χ1v) is 7.83. The quantitative estimate of drug-likeness (QED) is 0.626. The number of carbonyl (C=O) groups is 2. The van der Waals surface area contributed by atoms with E-state index < -0.39 is 11.9 Å². The molecular weight excluding hydrogens is 330 g/mol. The SMILES string of the molecule is CCOc1ccccc1OC[C@@H]1CNCCO1.O=C(O)C=CC(=O)O. The van der Waals surface area contributed by atoms with E-state index in [0.717, 1.165) is 31.2 Å². The molecule has 1 aromatic rings. The standard InChI is InChI=1S/C13H19NO3.C4H4O4/c1-2-15-12-5-3-4-6-13(12)17-10-11-9-14-7-8-16-11;5-3(6)1-2-4(7)8/h3-6,11,14H,2,7-10H2,1H3;1-2H,(H,5,6)(H,7,8)/t11-;/m0./s1. The van der Waals surface area contributed by atoms with E-state index in [0.29, 0.717) is 25.4 Å². The molecule has 0 radical (unpaired) electrons. The topological polar surface area (TPSA) is 114 Å². The Morgan fingerprint density at radius 3 is 2.28 bits per heavy atom. The van der Waals surface area contributed by atoms with Crippen molar-refractivity contribution in [2.75, 3.05) is 32.9 Å². The van der Waals surface area contributed by atoms with Crippen LogP contribution in [-0.2, 0) is 14.3 Å². The maximum Gasteiger partial charge on any atom is 0.328 e. The molecule has 0 aromatic heterocycles. The van der Waals surface area contributed by atoms with E-state index in [1.165, 1.54) is 0 Å². The van der Waals surface area contributed by atoms with Crippen molar-refractivity contribution in [1.82, 2.24) is 5.32 Å². The Kier molecular flexibility index (Phi) is 9.72. The van der Waals surface area contributed by atoms with Crippen LogP contribution in [0.1, 0.15) is 6.92 Å². The lowest BCUT2D eigenvalue weighted by Gasteiger charge is -2.24. The normalized spacial score (nSPS) is 16.6. The Morgan fingerprint density at radius 1 is 1.20 bits per heavy atom. The van der Waals surface area contributed by atoms with Crippen molar-refractivity contribution < 1.29 is 34.0 Å². The molecule has 2 rings (SSSR count). The zero-order valence-corrected chi connectivity index (χ0v) is 14.0. The largest absolute Gasteiger partial charge is 0.490 e. The molecule has 0 spiro atoms. The summed E-state index contributed by atoms with van der Waals surface area (Å²) in [5, 5.41) is 18.9. The molecule has 1 aliphatic heterocycles. The highest BCUT2D eigenvalue weighted by molar-refractivity contribution is 5.89. The molecule has 1 atom stereocenters. The van der Waals surface area contributed by atoms with Gasteiger partial charge >= 0.3 is 11.9 Å². The number of benzene rings is 1. The van der Waals surface area contributed by atoms with Gasteiger partial charge < -0.3 is 29.7 Å². The van der Waals surface area contributed by atoms with Crippen molar-refractivity contribution >= 4 is 11.9 Å². The molecule has 0 unspecified atom stereocenters. The number of aliphatic carboxylic acids is 2. The van der Waals surface area contributed by atoms with Crippen LogP contribution in [0.2, 0.25) is 0 Å². The van der Waals surface area contributed by atoms with Gasteiger partial charge in [0, 0.05) is 25.2 Å². The number of hydrogen-bond acceptors (Lipinski definition) is 6. The predicted molar refractivity (Wildman–Crippen MR) is 90.1 cm³/mol. The van der Waals surface area contributed by atoms with Gasteiger partial charge in [0.1, 0.15) is 12.7 Å². The van der Waals surface area contributed by atoms with Crippen molar-refractivity contribution in [1.29, 1.82) is 0 Å². The molecule has 1 heterocycles. The summed E-state index contributed by atoms with van der Waals surface area (Å²) in [5.41, 5.74) is 0. The number of para-hydroxylation sites is 2. The van der Waals surface area contributed by atoms with Gasteiger partial charge in [-0.25, -0.2) is 9.59 Å². The fourth-order valence-electron chi connectivity index (χ4n) is 1.90. The third-order valence-corrected chi connectivity index (χ3v) is 2.95. The fraction of sp³-hybridized carbons (Fsp3) is 0.412. The van der Waals surface area contributed by atoms with Crippen LogP contribution in [0.3, 0.4) is 0 Å². The number of nitrogens with one attached hydrogen (secondary N) is 1. The minimum atomic E-state index is -1.26. The van der Waals surface area contributed by atoms with Gasteiger partial charge in [0.25, 0.3) is 0 Å². The monoisotopic (exact) mass is 353 g/mol. The van der Waals surface area contributed by atoms with Gasteiger partial charge in [-0.15, -0.1) is 0 Å². The number of carboxylic acids is 2. The molecule has 1 aliphatic rings. The molecule has 1 fully saturated rings. The summed E-state index contributed by atoms with van der Waals surface area (Å²) in [6.07, 6.45) is 1.24. The number of rotatable bonds is 7. The summed E-state index contributed by atoms with van der Waals surface area (Å²) < 4.78 is 16.8. The molecule has 0 saturated carbocycles. The van der Waals surface area contributed by atoms with Crippen molar-refractivity contribution in [3.8, 4) is 11.5 Å². The second kappa shape index (κ2) is 11.9. The number of hydrogen-bond donors (Lipinski definition) is 3. The average molecular weight is 353 g/mol. The Hall–Kier alpha value is -2.58. The molecule has 1 aromatic carbocycles. The summed E-state index contributed by atoms with van der Waals surface area (Å²) in [5.74, 6) is -0.943. The van der Waals surface area contributed by atoms with Crippen LogP contribution in [0.25, 0.3) is 0 Å².